The fourth-order valence-corrected chi connectivity index (χ4v) is 2.71. The van der Waals surface area contributed by atoms with Crippen molar-refractivity contribution < 1.29 is 9.13 Å². The summed E-state index contributed by atoms with van der Waals surface area (Å²) in [6.45, 7) is 0. The van der Waals surface area contributed by atoms with E-state index in [2.05, 4.69) is 21.2 Å². The molecule has 1 N–H and O–H groups in total. The van der Waals surface area contributed by atoms with Crippen LogP contribution in [-0.2, 0) is 4.74 Å². The van der Waals surface area contributed by atoms with Crippen molar-refractivity contribution in [3.63, 3.8) is 0 Å². The average molecular weight is 338 g/mol. The fraction of sp³-hybridized carbons (Fsp3) is 0.250. The standard InChI is InChI=1S/C16H17BrFNO/c1-19-15(13-10-12(17)8-9-14(13)18)16(20-2)11-6-4-3-5-7-11/h3-10,15-16,19H,1-2H3. The van der Waals surface area contributed by atoms with Gasteiger partial charge in [-0.25, -0.2) is 4.39 Å². The number of hydrogen-bond donors (Lipinski definition) is 1. The van der Waals surface area contributed by atoms with Crippen molar-refractivity contribution in [2.75, 3.05) is 14.2 Å². The normalized spacial score (nSPS) is 14.0. The van der Waals surface area contributed by atoms with Gasteiger partial charge >= 0.3 is 0 Å². The Kier molecular flexibility index (Phi) is 5.29. The van der Waals surface area contributed by atoms with E-state index in [1.54, 1.807) is 26.3 Å². The van der Waals surface area contributed by atoms with Crippen molar-refractivity contribution in [3.8, 4) is 0 Å². The Hall–Kier alpha value is -1.23. The van der Waals surface area contributed by atoms with Crippen molar-refractivity contribution in [2.24, 2.45) is 0 Å². The first-order valence-corrected chi connectivity index (χ1v) is 7.16. The van der Waals surface area contributed by atoms with Crippen LogP contribution in [-0.4, -0.2) is 14.2 Å². The first-order valence-electron chi connectivity index (χ1n) is 6.37. The third-order valence-corrected chi connectivity index (χ3v) is 3.78. The predicted molar refractivity (Wildman–Crippen MR) is 82.1 cm³/mol. The Morgan fingerprint density at radius 3 is 2.45 bits per heavy atom. The van der Waals surface area contributed by atoms with Gasteiger partial charge in [-0.1, -0.05) is 46.3 Å². The summed E-state index contributed by atoms with van der Waals surface area (Å²) in [5.74, 6) is -0.245. The Bertz CT molecular complexity index is 562. The van der Waals surface area contributed by atoms with Gasteiger partial charge in [0.15, 0.2) is 0 Å². The summed E-state index contributed by atoms with van der Waals surface area (Å²) in [5, 5.41) is 3.15. The summed E-state index contributed by atoms with van der Waals surface area (Å²) < 4.78 is 20.5. The maximum Gasteiger partial charge on any atom is 0.128 e. The zero-order valence-electron chi connectivity index (χ0n) is 11.4. The minimum absolute atomic E-state index is 0.245. The van der Waals surface area contributed by atoms with Crippen LogP contribution in [0.2, 0.25) is 0 Å². The predicted octanol–water partition coefficient (Wildman–Crippen LogP) is 4.24. The lowest BCUT2D eigenvalue weighted by Crippen LogP contribution is -2.26. The minimum atomic E-state index is -0.264. The van der Waals surface area contributed by atoms with E-state index in [4.69, 9.17) is 4.74 Å². The quantitative estimate of drug-likeness (QED) is 0.881. The second-order valence-corrected chi connectivity index (χ2v) is 5.41. The van der Waals surface area contributed by atoms with Crippen LogP contribution in [0, 0.1) is 5.82 Å². The van der Waals surface area contributed by atoms with Crippen LogP contribution in [0.25, 0.3) is 0 Å². The molecular weight excluding hydrogens is 321 g/mol. The van der Waals surface area contributed by atoms with Gasteiger partial charge in [0.25, 0.3) is 0 Å². The third kappa shape index (κ3) is 3.26. The largest absolute Gasteiger partial charge is 0.375 e. The van der Waals surface area contributed by atoms with Gasteiger partial charge in [-0.3, -0.25) is 0 Å². The fourth-order valence-electron chi connectivity index (χ4n) is 2.33. The third-order valence-electron chi connectivity index (χ3n) is 3.29. The van der Waals surface area contributed by atoms with Crippen molar-refractivity contribution in [1.29, 1.82) is 0 Å². The highest BCUT2D eigenvalue weighted by Gasteiger charge is 2.25. The molecule has 0 aliphatic heterocycles. The summed E-state index contributed by atoms with van der Waals surface area (Å²) in [4.78, 5) is 0. The first kappa shape index (κ1) is 15.2. The van der Waals surface area contributed by atoms with Crippen LogP contribution in [0.1, 0.15) is 23.3 Å². The van der Waals surface area contributed by atoms with E-state index in [1.165, 1.54) is 6.07 Å². The van der Waals surface area contributed by atoms with E-state index in [1.807, 2.05) is 30.3 Å². The molecule has 0 fully saturated rings. The van der Waals surface area contributed by atoms with Crippen molar-refractivity contribution >= 4 is 15.9 Å². The molecule has 2 aromatic rings. The molecule has 0 aromatic heterocycles. The topological polar surface area (TPSA) is 21.3 Å². The van der Waals surface area contributed by atoms with Gasteiger partial charge in [0.05, 0.1) is 6.04 Å². The summed E-state index contributed by atoms with van der Waals surface area (Å²) in [6, 6.07) is 14.5. The zero-order valence-corrected chi connectivity index (χ0v) is 13.0. The molecule has 0 spiro atoms. The van der Waals surface area contributed by atoms with Crippen molar-refractivity contribution in [1.82, 2.24) is 5.32 Å². The second-order valence-electron chi connectivity index (χ2n) is 4.50. The van der Waals surface area contributed by atoms with E-state index in [9.17, 15) is 4.39 Å². The van der Waals surface area contributed by atoms with Gasteiger partial charge < -0.3 is 10.1 Å². The molecule has 2 unspecified atom stereocenters. The monoisotopic (exact) mass is 337 g/mol. The smallest absolute Gasteiger partial charge is 0.128 e. The molecule has 2 rings (SSSR count). The van der Waals surface area contributed by atoms with Gasteiger partial charge in [-0.2, -0.15) is 0 Å². The molecule has 0 saturated carbocycles. The highest BCUT2D eigenvalue weighted by atomic mass is 79.9. The molecule has 0 heterocycles. The van der Waals surface area contributed by atoms with E-state index in [0.29, 0.717) is 5.56 Å². The maximum absolute atomic E-state index is 14.1. The Balaban J connectivity index is 2.42. The molecule has 0 amide bonds. The number of halogens is 2. The van der Waals surface area contributed by atoms with Crippen LogP contribution in [0.15, 0.2) is 53.0 Å². The molecule has 20 heavy (non-hydrogen) atoms. The van der Waals surface area contributed by atoms with Crippen LogP contribution in [0.3, 0.4) is 0 Å². The van der Waals surface area contributed by atoms with E-state index < -0.39 is 0 Å². The Morgan fingerprint density at radius 2 is 1.85 bits per heavy atom. The summed E-state index contributed by atoms with van der Waals surface area (Å²) in [7, 11) is 3.44. The van der Waals surface area contributed by atoms with Gasteiger partial charge in [0.2, 0.25) is 0 Å². The maximum atomic E-state index is 14.1. The molecule has 106 valence electrons. The molecular formula is C16H17BrFNO. The molecule has 0 aliphatic carbocycles. The Morgan fingerprint density at radius 1 is 1.15 bits per heavy atom. The number of likely N-dealkylation sites (N-methyl/N-ethyl adjacent to an activating group) is 1. The van der Waals surface area contributed by atoms with Crippen LogP contribution in [0.5, 0.6) is 0 Å². The van der Waals surface area contributed by atoms with Crippen LogP contribution < -0.4 is 5.32 Å². The number of ether oxygens (including phenoxy) is 1. The summed E-state index contributed by atoms with van der Waals surface area (Å²) in [6.07, 6.45) is -0.259. The average Bonchev–Trinajstić information content (AvgIpc) is 2.48. The van der Waals surface area contributed by atoms with E-state index in [-0.39, 0.29) is 18.0 Å². The molecule has 2 nitrogen and oxygen atoms in total. The van der Waals surface area contributed by atoms with Gasteiger partial charge in [0, 0.05) is 17.1 Å². The van der Waals surface area contributed by atoms with Crippen molar-refractivity contribution in [3.05, 3.63) is 69.9 Å². The highest BCUT2D eigenvalue weighted by Crippen LogP contribution is 2.33. The molecule has 0 bridgehead atoms. The lowest BCUT2D eigenvalue weighted by Gasteiger charge is -2.27. The Labute approximate surface area is 127 Å². The van der Waals surface area contributed by atoms with E-state index in [0.717, 1.165) is 10.0 Å². The van der Waals surface area contributed by atoms with Crippen molar-refractivity contribution in [2.45, 2.75) is 12.1 Å². The molecule has 0 saturated heterocycles. The molecule has 4 heteroatoms. The lowest BCUT2D eigenvalue weighted by atomic mass is 9.95. The van der Waals surface area contributed by atoms with Gasteiger partial charge in [-0.15, -0.1) is 0 Å². The SMILES string of the molecule is CNC(c1cc(Br)ccc1F)C(OC)c1ccccc1. The second kappa shape index (κ2) is 6.97. The molecule has 0 aliphatic rings. The highest BCUT2D eigenvalue weighted by molar-refractivity contribution is 9.10. The number of methoxy groups -OCH3 is 1. The molecule has 2 aromatic carbocycles. The number of rotatable bonds is 5. The molecule has 2 atom stereocenters. The lowest BCUT2D eigenvalue weighted by molar-refractivity contribution is 0.0690. The van der Waals surface area contributed by atoms with Crippen LogP contribution in [0.4, 0.5) is 4.39 Å². The number of nitrogens with one attached hydrogen (secondary N) is 1. The number of hydrogen-bond acceptors (Lipinski definition) is 2. The van der Waals surface area contributed by atoms with Gasteiger partial charge in [-0.05, 0) is 30.8 Å². The first-order chi connectivity index (χ1) is 9.67. The summed E-state index contributed by atoms with van der Waals surface area (Å²) in [5.41, 5.74) is 1.59. The molecule has 0 radical (unpaired) electrons. The minimum Gasteiger partial charge on any atom is -0.375 e. The van der Waals surface area contributed by atoms with Gasteiger partial charge in [0.1, 0.15) is 11.9 Å². The van der Waals surface area contributed by atoms with E-state index >= 15 is 0 Å². The van der Waals surface area contributed by atoms with Crippen LogP contribution >= 0.6 is 15.9 Å². The zero-order chi connectivity index (χ0) is 14.5. The summed E-state index contributed by atoms with van der Waals surface area (Å²) >= 11 is 3.39. The number of benzene rings is 2.